The van der Waals surface area contributed by atoms with Crippen LogP contribution in [-0.4, -0.2) is 31.3 Å². The number of amides is 2. The van der Waals surface area contributed by atoms with E-state index in [-0.39, 0.29) is 19.2 Å². The summed E-state index contributed by atoms with van der Waals surface area (Å²) in [6.45, 7) is 0.234. The Kier molecular flexibility index (Phi) is 3.97. The zero-order valence-corrected chi connectivity index (χ0v) is 4.72. The Morgan fingerprint density at radius 1 is 1.88 bits per heavy atom. The second-order valence-corrected chi connectivity index (χ2v) is 1.18. The number of hydrogen-bond acceptors (Lipinski definition) is 2. The van der Waals surface area contributed by atoms with E-state index in [4.69, 9.17) is 5.11 Å². The highest BCUT2D eigenvalue weighted by atomic mass is 16.3. The first-order valence-electron chi connectivity index (χ1n) is 2.29. The van der Waals surface area contributed by atoms with Crippen LogP contribution in [0.4, 0.5) is 4.79 Å². The summed E-state index contributed by atoms with van der Waals surface area (Å²) in [6, 6.07) is -0.390. The Balaban J connectivity index is 2.99. The Morgan fingerprint density at radius 3 is 2.88 bits per heavy atom. The van der Waals surface area contributed by atoms with Gasteiger partial charge in [-0.1, -0.05) is 0 Å². The highest BCUT2D eigenvalue weighted by Gasteiger charge is 1.91. The van der Waals surface area contributed by atoms with Gasteiger partial charge >= 0.3 is 6.03 Å². The van der Waals surface area contributed by atoms with Crippen LogP contribution in [0.15, 0.2) is 0 Å². The Hall–Kier alpha value is -0.770. The van der Waals surface area contributed by atoms with Gasteiger partial charge in [-0.3, -0.25) is 0 Å². The normalized spacial score (nSPS) is 8.25. The largest absolute Gasteiger partial charge is 0.395 e. The molecule has 0 aromatic carbocycles. The summed E-state index contributed by atoms with van der Waals surface area (Å²) in [5.41, 5.74) is 0. The average molecular weight is 117 g/mol. The molecular formula is C4H9N2O2. The number of rotatable bonds is 2. The summed E-state index contributed by atoms with van der Waals surface area (Å²) in [5, 5.41) is 13.7. The maximum absolute atomic E-state index is 10.2. The van der Waals surface area contributed by atoms with Crippen molar-refractivity contribution in [2.45, 2.75) is 0 Å². The van der Waals surface area contributed by atoms with Crippen molar-refractivity contribution >= 4 is 6.03 Å². The van der Waals surface area contributed by atoms with Crippen LogP contribution in [0.5, 0.6) is 0 Å². The quantitative estimate of drug-likeness (QED) is 0.483. The number of hydrogen-bond donors (Lipinski definition) is 2. The van der Waals surface area contributed by atoms with E-state index in [1.54, 1.807) is 0 Å². The molecule has 4 heteroatoms. The van der Waals surface area contributed by atoms with Gasteiger partial charge in [0, 0.05) is 13.6 Å². The summed E-state index contributed by atoms with van der Waals surface area (Å²) >= 11 is 0. The fraction of sp³-hybridized carbons (Fsp3) is 0.750. The van der Waals surface area contributed by atoms with Gasteiger partial charge in [0.15, 0.2) is 0 Å². The Bertz CT molecular complexity index is 74.4. The van der Waals surface area contributed by atoms with E-state index in [1.807, 2.05) is 0 Å². The first-order chi connectivity index (χ1) is 3.81. The number of carbonyl (C=O) groups excluding carboxylic acids is 1. The number of aliphatic hydroxyl groups excluding tert-OH is 1. The number of nitrogens with one attached hydrogen (secondary N) is 1. The molecule has 0 saturated heterocycles. The van der Waals surface area contributed by atoms with Crippen molar-refractivity contribution in [2.24, 2.45) is 0 Å². The maximum atomic E-state index is 10.2. The fourth-order valence-corrected chi connectivity index (χ4v) is 0.242. The summed E-state index contributed by atoms with van der Waals surface area (Å²) in [7, 11) is 1.40. The zero-order valence-electron chi connectivity index (χ0n) is 4.72. The third-order valence-corrected chi connectivity index (χ3v) is 0.591. The zero-order chi connectivity index (χ0) is 6.41. The van der Waals surface area contributed by atoms with Crippen molar-refractivity contribution in [2.75, 3.05) is 20.2 Å². The van der Waals surface area contributed by atoms with Crippen LogP contribution >= 0.6 is 0 Å². The van der Waals surface area contributed by atoms with Gasteiger partial charge in [-0.25, -0.2) is 10.1 Å². The lowest BCUT2D eigenvalue weighted by molar-refractivity contribution is 0.235. The van der Waals surface area contributed by atoms with Crippen molar-refractivity contribution in [1.82, 2.24) is 10.6 Å². The van der Waals surface area contributed by atoms with Gasteiger partial charge in [-0.15, -0.1) is 0 Å². The van der Waals surface area contributed by atoms with Crippen LogP contribution < -0.4 is 10.6 Å². The molecule has 0 rings (SSSR count). The minimum absolute atomic E-state index is 0.0404. The van der Waals surface area contributed by atoms with Gasteiger partial charge in [0.25, 0.3) is 0 Å². The minimum Gasteiger partial charge on any atom is -0.395 e. The number of nitrogens with zero attached hydrogens (tertiary/aromatic N) is 1. The predicted octanol–water partition coefficient (Wildman–Crippen LogP) is -1.08. The van der Waals surface area contributed by atoms with Gasteiger partial charge in [0.05, 0.1) is 6.61 Å². The standard InChI is InChI=1S/C4H9N2O2/c1-5-4(8)6-2-3-7/h7H,2-3H2,1H3,(H,6,8). The summed E-state index contributed by atoms with van der Waals surface area (Å²) in [5.74, 6) is 0. The van der Waals surface area contributed by atoms with E-state index in [2.05, 4.69) is 10.6 Å². The van der Waals surface area contributed by atoms with Crippen LogP contribution in [0.2, 0.25) is 0 Å². The molecule has 8 heavy (non-hydrogen) atoms. The molecule has 1 radical (unpaired) electrons. The van der Waals surface area contributed by atoms with Gasteiger partial charge in [-0.2, -0.15) is 0 Å². The van der Waals surface area contributed by atoms with E-state index in [0.717, 1.165) is 0 Å². The molecule has 0 aliphatic rings. The highest BCUT2D eigenvalue weighted by Crippen LogP contribution is 1.60. The summed E-state index contributed by atoms with van der Waals surface area (Å²) in [6.07, 6.45) is 0. The van der Waals surface area contributed by atoms with E-state index in [0.29, 0.717) is 0 Å². The van der Waals surface area contributed by atoms with Crippen molar-refractivity contribution in [3.63, 3.8) is 0 Å². The van der Waals surface area contributed by atoms with Crippen molar-refractivity contribution in [3.05, 3.63) is 0 Å². The van der Waals surface area contributed by atoms with E-state index >= 15 is 0 Å². The maximum Gasteiger partial charge on any atom is 0.336 e. The fourth-order valence-electron chi connectivity index (χ4n) is 0.242. The molecule has 0 fully saturated rings. The average Bonchev–Trinajstić information content (AvgIpc) is 1.83. The third-order valence-electron chi connectivity index (χ3n) is 0.591. The highest BCUT2D eigenvalue weighted by molar-refractivity contribution is 5.72. The third kappa shape index (κ3) is 3.42. The molecule has 47 valence electrons. The molecule has 2 amide bonds. The SMILES string of the molecule is C[N]C(=O)NCCO. The van der Waals surface area contributed by atoms with Crippen LogP contribution in [0.25, 0.3) is 0 Å². The van der Waals surface area contributed by atoms with Gasteiger partial charge < -0.3 is 10.4 Å². The van der Waals surface area contributed by atoms with Crippen LogP contribution in [0.3, 0.4) is 0 Å². The van der Waals surface area contributed by atoms with Gasteiger partial charge in [0.1, 0.15) is 0 Å². The first-order valence-corrected chi connectivity index (χ1v) is 2.29. The van der Waals surface area contributed by atoms with Crippen molar-refractivity contribution in [3.8, 4) is 0 Å². The van der Waals surface area contributed by atoms with E-state index in [9.17, 15) is 4.79 Å². The van der Waals surface area contributed by atoms with Gasteiger partial charge in [0.2, 0.25) is 0 Å². The molecule has 0 atom stereocenters. The molecule has 0 aromatic rings. The Morgan fingerprint density at radius 2 is 2.50 bits per heavy atom. The Labute approximate surface area is 47.9 Å². The number of urea groups is 1. The minimum atomic E-state index is -0.390. The molecule has 0 bridgehead atoms. The van der Waals surface area contributed by atoms with Crippen LogP contribution in [-0.2, 0) is 0 Å². The topological polar surface area (TPSA) is 63.4 Å². The molecule has 0 heterocycles. The van der Waals surface area contributed by atoms with Crippen molar-refractivity contribution < 1.29 is 9.90 Å². The molecule has 0 aliphatic heterocycles. The molecule has 2 N–H and O–H groups in total. The second-order valence-electron chi connectivity index (χ2n) is 1.18. The number of aliphatic hydroxyl groups is 1. The monoisotopic (exact) mass is 117 g/mol. The van der Waals surface area contributed by atoms with Crippen molar-refractivity contribution in [1.29, 1.82) is 0 Å². The molecule has 0 aromatic heterocycles. The lowest BCUT2D eigenvalue weighted by Gasteiger charge is -1.96. The summed E-state index contributed by atoms with van der Waals surface area (Å²) in [4.78, 5) is 10.2. The van der Waals surface area contributed by atoms with Crippen LogP contribution in [0.1, 0.15) is 0 Å². The van der Waals surface area contributed by atoms with E-state index < -0.39 is 0 Å². The summed E-state index contributed by atoms with van der Waals surface area (Å²) < 4.78 is 0. The molecular weight excluding hydrogens is 108 g/mol. The number of carbonyl (C=O) groups is 1. The lowest BCUT2D eigenvalue weighted by Crippen LogP contribution is -2.30. The smallest absolute Gasteiger partial charge is 0.336 e. The van der Waals surface area contributed by atoms with Gasteiger partial charge in [-0.05, 0) is 0 Å². The lowest BCUT2D eigenvalue weighted by atomic mass is 10.7. The molecule has 0 saturated carbocycles. The molecule has 4 nitrogen and oxygen atoms in total. The molecule has 0 unspecified atom stereocenters. The molecule has 0 aliphatic carbocycles. The molecule has 0 spiro atoms. The van der Waals surface area contributed by atoms with Crippen LogP contribution in [0, 0.1) is 0 Å². The van der Waals surface area contributed by atoms with E-state index in [1.165, 1.54) is 7.05 Å². The predicted molar refractivity (Wildman–Crippen MR) is 28.5 cm³/mol. The second kappa shape index (κ2) is 4.39. The first kappa shape index (κ1) is 7.23.